The predicted octanol–water partition coefficient (Wildman–Crippen LogP) is 2.96. The van der Waals surface area contributed by atoms with Crippen LogP contribution in [-0.4, -0.2) is 17.7 Å². The quantitative estimate of drug-likeness (QED) is 0.595. The van der Waals surface area contributed by atoms with Gasteiger partial charge in [0.25, 0.3) is 5.91 Å². The van der Waals surface area contributed by atoms with Crippen LogP contribution < -0.4 is 4.74 Å². The molecule has 0 saturated heterocycles. The first-order valence-corrected chi connectivity index (χ1v) is 5.39. The van der Waals surface area contributed by atoms with E-state index >= 15 is 0 Å². The summed E-state index contributed by atoms with van der Waals surface area (Å²) in [7, 11) is 0. The van der Waals surface area contributed by atoms with Crippen molar-refractivity contribution >= 4 is 23.3 Å². The summed E-state index contributed by atoms with van der Waals surface area (Å²) in [6.45, 7) is 4.81. The fourth-order valence-electron chi connectivity index (χ4n) is 1.06. The number of nitrogens with zero attached hydrogens (tertiary/aromatic N) is 1. The van der Waals surface area contributed by atoms with Crippen LogP contribution >= 0.6 is 12.2 Å². The van der Waals surface area contributed by atoms with E-state index < -0.39 is 0 Å². The maximum Gasteiger partial charge on any atom is 0.285 e. The number of aliphatic imine (C=N–C) groups is 1. The fraction of sp³-hybridized carbons (Fsp3) is 0.333. The van der Waals surface area contributed by atoms with E-state index in [4.69, 9.17) is 4.74 Å². The van der Waals surface area contributed by atoms with Crippen LogP contribution in [0.5, 0.6) is 5.75 Å². The maximum atomic E-state index is 11.3. The van der Waals surface area contributed by atoms with Gasteiger partial charge in [-0.15, -0.1) is 0 Å². The second kappa shape index (κ2) is 6.16. The minimum atomic E-state index is -0.384. The van der Waals surface area contributed by atoms with Crippen molar-refractivity contribution in [1.29, 1.82) is 0 Å². The van der Waals surface area contributed by atoms with Gasteiger partial charge in [0.2, 0.25) is 0 Å². The van der Waals surface area contributed by atoms with E-state index in [-0.39, 0.29) is 5.91 Å². The zero-order valence-electron chi connectivity index (χ0n) is 9.27. The molecular formula is C12H13NO2S. The van der Waals surface area contributed by atoms with Crippen LogP contribution in [-0.2, 0) is 0 Å². The molecule has 1 rings (SSSR count). The second-order valence-corrected chi connectivity index (χ2v) is 3.92. The van der Waals surface area contributed by atoms with Crippen molar-refractivity contribution in [3.05, 3.63) is 29.8 Å². The lowest BCUT2D eigenvalue weighted by molar-refractivity contribution is 0.100. The molecule has 0 aromatic heterocycles. The van der Waals surface area contributed by atoms with Crippen molar-refractivity contribution in [2.45, 2.75) is 13.8 Å². The Labute approximate surface area is 100 Å². The van der Waals surface area contributed by atoms with Gasteiger partial charge >= 0.3 is 0 Å². The average Bonchev–Trinajstić information content (AvgIpc) is 2.27. The van der Waals surface area contributed by atoms with Gasteiger partial charge in [-0.1, -0.05) is 13.8 Å². The third kappa shape index (κ3) is 3.93. The van der Waals surface area contributed by atoms with Gasteiger partial charge in [0.05, 0.1) is 11.8 Å². The van der Waals surface area contributed by atoms with Gasteiger partial charge in [0.15, 0.2) is 0 Å². The third-order valence-corrected chi connectivity index (χ3v) is 1.92. The lowest BCUT2D eigenvalue weighted by Crippen LogP contribution is -2.04. The number of carbonyl (C=O) groups excluding carboxylic acids is 1. The van der Waals surface area contributed by atoms with Gasteiger partial charge < -0.3 is 4.74 Å². The molecule has 0 radical (unpaired) electrons. The summed E-state index contributed by atoms with van der Waals surface area (Å²) >= 11 is 4.36. The molecule has 0 atom stereocenters. The van der Waals surface area contributed by atoms with E-state index in [0.717, 1.165) is 5.75 Å². The Bertz CT molecular complexity index is 406. The largest absolute Gasteiger partial charge is 0.493 e. The summed E-state index contributed by atoms with van der Waals surface area (Å²) in [5.74, 6) is 0.836. The molecule has 0 saturated carbocycles. The first kappa shape index (κ1) is 12.6. The highest BCUT2D eigenvalue weighted by atomic mass is 32.1. The van der Waals surface area contributed by atoms with Gasteiger partial charge in [0, 0.05) is 5.56 Å². The van der Waals surface area contributed by atoms with E-state index in [1.165, 1.54) is 0 Å². The molecule has 0 spiro atoms. The standard InChI is InChI=1S/C12H13NO2S/c1-9(2)7-15-11-5-3-10(4-6-11)12(14)13-8-16/h3-6,9H,7H2,1-2H3. The zero-order chi connectivity index (χ0) is 12.0. The summed E-state index contributed by atoms with van der Waals surface area (Å²) in [6, 6.07) is 6.81. The van der Waals surface area contributed by atoms with Gasteiger partial charge in [0.1, 0.15) is 5.75 Å². The number of hydrogen-bond acceptors (Lipinski definition) is 3. The van der Waals surface area contributed by atoms with Crippen molar-refractivity contribution in [3.8, 4) is 5.75 Å². The van der Waals surface area contributed by atoms with E-state index in [9.17, 15) is 4.79 Å². The summed E-state index contributed by atoms with van der Waals surface area (Å²) in [5, 5.41) is 2.05. The van der Waals surface area contributed by atoms with Crippen molar-refractivity contribution < 1.29 is 9.53 Å². The molecule has 3 nitrogen and oxygen atoms in total. The Balaban J connectivity index is 2.67. The Morgan fingerprint density at radius 1 is 1.44 bits per heavy atom. The van der Waals surface area contributed by atoms with Crippen molar-refractivity contribution in [2.75, 3.05) is 6.61 Å². The highest BCUT2D eigenvalue weighted by Gasteiger charge is 2.03. The molecule has 4 heteroatoms. The topological polar surface area (TPSA) is 38.7 Å². The Morgan fingerprint density at radius 2 is 2.06 bits per heavy atom. The summed E-state index contributed by atoms with van der Waals surface area (Å²) in [4.78, 5) is 14.7. The molecular weight excluding hydrogens is 222 g/mol. The molecule has 0 N–H and O–H groups in total. The number of benzene rings is 1. The minimum absolute atomic E-state index is 0.384. The SMILES string of the molecule is CC(C)COc1ccc(C(=O)N=C=S)cc1. The number of isothiocyanates is 1. The lowest BCUT2D eigenvalue weighted by atomic mass is 10.2. The number of amides is 1. The molecule has 0 aliphatic rings. The molecule has 84 valence electrons. The molecule has 1 aromatic rings. The molecule has 0 fully saturated rings. The Hall–Kier alpha value is -1.51. The number of thiocarbonyl (C=S) groups is 1. The molecule has 0 bridgehead atoms. The maximum absolute atomic E-state index is 11.3. The molecule has 0 heterocycles. The van der Waals surface area contributed by atoms with Crippen molar-refractivity contribution in [2.24, 2.45) is 10.9 Å². The van der Waals surface area contributed by atoms with E-state index in [0.29, 0.717) is 18.1 Å². The predicted molar refractivity (Wildman–Crippen MR) is 66.1 cm³/mol. The Morgan fingerprint density at radius 3 is 2.56 bits per heavy atom. The second-order valence-electron chi connectivity index (χ2n) is 3.74. The smallest absolute Gasteiger partial charge is 0.285 e. The van der Waals surface area contributed by atoms with Crippen molar-refractivity contribution in [1.82, 2.24) is 0 Å². The molecule has 0 aliphatic carbocycles. The van der Waals surface area contributed by atoms with E-state index in [1.54, 1.807) is 24.3 Å². The monoisotopic (exact) mass is 235 g/mol. The molecule has 1 amide bonds. The minimum Gasteiger partial charge on any atom is -0.493 e. The van der Waals surface area contributed by atoms with Crippen LogP contribution in [0.25, 0.3) is 0 Å². The van der Waals surface area contributed by atoms with E-state index in [2.05, 4.69) is 31.1 Å². The zero-order valence-corrected chi connectivity index (χ0v) is 10.1. The third-order valence-electron chi connectivity index (χ3n) is 1.83. The van der Waals surface area contributed by atoms with Crippen LogP contribution in [0.2, 0.25) is 0 Å². The highest BCUT2D eigenvalue weighted by Crippen LogP contribution is 2.13. The number of carbonyl (C=O) groups is 1. The number of rotatable bonds is 4. The molecule has 0 unspecified atom stereocenters. The van der Waals surface area contributed by atoms with Gasteiger partial charge in [-0.2, -0.15) is 4.99 Å². The van der Waals surface area contributed by atoms with E-state index in [1.807, 2.05) is 5.16 Å². The number of ether oxygens (including phenoxy) is 1. The van der Waals surface area contributed by atoms with Gasteiger partial charge in [-0.3, -0.25) is 4.79 Å². The van der Waals surface area contributed by atoms with Crippen LogP contribution in [0.15, 0.2) is 29.3 Å². The first-order chi connectivity index (χ1) is 7.63. The van der Waals surface area contributed by atoms with Crippen LogP contribution in [0, 0.1) is 5.92 Å². The molecule has 16 heavy (non-hydrogen) atoms. The van der Waals surface area contributed by atoms with Crippen LogP contribution in [0.1, 0.15) is 24.2 Å². The summed E-state index contributed by atoms with van der Waals surface area (Å²) in [6.07, 6.45) is 0. The van der Waals surface area contributed by atoms with Gasteiger partial charge in [-0.05, 0) is 42.4 Å². The highest BCUT2D eigenvalue weighted by molar-refractivity contribution is 7.78. The first-order valence-electron chi connectivity index (χ1n) is 4.98. The fourth-order valence-corrected chi connectivity index (χ4v) is 1.15. The Kier molecular flexibility index (Phi) is 4.83. The summed E-state index contributed by atoms with van der Waals surface area (Å²) in [5.41, 5.74) is 0.481. The normalized spacial score (nSPS) is 9.69. The molecule has 1 aromatic carbocycles. The van der Waals surface area contributed by atoms with Crippen LogP contribution in [0.4, 0.5) is 0 Å². The van der Waals surface area contributed by atoms with Crippen LogP contribution in [0.3, 0.4) is 0 Å². The molecule has 0 aliphatic heterocycles. The summed E-state index contributed by atoms with van der Waals surface area (Å²) < 4.78 is 5.48. The lowest BCUT2D eigenvalue weighted by Gasteiger charge is -2.08. The number of hydrogen-bond donors (Lipinski definition) is 0. The van der Waals surface area contributed by atoms with Crippen molar-refractivity contribution in [3.63, 3.8) is 0 Å². The average molecular weight is 235 g/mol. The van der Waals surface area contributed by atoms with Gasteiger partial charge in [-0.25, -0.2) is 0 Å².